The molecule has 0 aromatic heterocycles. The van der Waals surface area contributed by atoms with Gasteiger partial charge in [-0.05, 0) is 118 Å². The normalized spacial score (nSPS) is 49.2. The van der Waals surface area contributed by atoms with E-state index < -0.39 is 11.7 Å². The van der Waals surface area contributed by atoms with Crippen molar-refractivity contribution in [3.05, 3.63) is 0 Å². The molecule has 0 aromatic carbocycles. The maximum absolute atomic E-state index is 11.4. The van der Waals surface area contributed by atoms with Crippen LogP contribution < -0.4 is 5.84 Å². The third-order valence-electron chi connectivity index (χ3n) is 10.7. The van der Waals surface area contributed by atoms with Gasteiger partial charge in [-0.2, -0.15) is 5.10 Å². The molecule has 2 unspecified atom stereocenters. The van der Waals surface area contributed by atoms with E-state index in [0.29, 0.717) is 23.2 Å². The standard InChI is InChI=1S/C26H47N3O2/c1-6-15-28-29(27)17(2)23(30)22-10-9-20-19-8-7-18-16-24(3,31)13-14-25(18,4)21(19)11-12-26(20,22)5/h15,17-23,30-31H,6-14,16,27H2,1-5H3/b28-15-/t17-,18+,19?,20+,21+,22-,23?,24-,25+,26+/m1/s1. The molecular weight excluding hydrogens is 386 g/mol. The molecule has 0 aromatic rings. The Balaban J connectivity index is 1.51. The molecule has 5 heteroatoms. The van der Waals surface area contributed by atoms with Gasteiger partial charge < -0.3 is 10.2 Å². The number of aliphatic hydroxyl groups excluding tert-OH is 1. The van der Waals surface area contributed by atoms with Crippen LogP contribution in [0.5, 0.6) is 0 Å². The first-order valence-corrected chi connectivity index (χ1v) is 13.0. The van der Waals surface area contributed by atoms with Crippen molar-refractivity contribution in [1.82, 2.24) is 5.12 Å². The zero-order chi connectivity index (χ0) is 22.6. The van der Waals surface area contributed by atoms with Crippen molar-refractivity contribution in [3.63, 3.8) is 0 Å². The summed E-state index contributed by atoms with van der Waals surface area (Å²) >= 11 is 0. The largest absolute Gasteiger partial charge is 0.391 e. The average molecular weight is 434 g/mol. The van der Waals surface area contributed by atoms with E-state index in [1.807, 2.05) is 27.0 Å². The monoisotopic (exact) mass is 433 g/mol. The van der Waals surface area contributed by atoms with Gasteiger partial charge in [0.2, 0.25) is 0 Å². The van der Waals surface area contributed by atoms with Crippen LogP contribution in [0.4, 0.5) is 0 Å². The van der Waals surface area contributed by atoms with Gasteiger partial charge in [0, 0.05) is 6.21 Å². The number of nitrogens with two attached hydrogens (primary N) is 1. The number of hydrazone groups is 1. The molecule has 10 atom stereocenters. The number of nitrogens with zero attached hydrogens (tertiary/aromatic N) is 2. The fourth-order valence-electron chi connectivity index (χ4n) is 8.81. The highest BCUT2D eigenvalue weighted by atomic mass is 16.3. The van der Waals surface area contributed by atoms with E-state index >= 15 is 0 Å². The summed E-state index contributed by atoms with van der Waals surface area (Å²) in [5.74, 6) is 9.41. The van der Waals surface area contributed by atoms with Crippen molar-refractivity contribution in [2.24, 2.45) is 51.4 Å². The smallest absolute Gasteiger partial charge is 0.0873 e. The molecule has 4 saturated carbocycles. The van der Waals surface area contributed by atoms with Crippen LogP contribution in [0.25, 0.3) is 0 Å². The van der Waals surface area contributed by atoms with Crippen LogP contribution in [-0.4, -0.2) is 39.3 Å². The first-order chi connectivity index (χ1) is 14.5. The molecular formula is C26H47N3O2. The predicted octanol–water partition coefficient (Wildman–Crippen LogP) is 4.72. The zero-order valence-electron chi connectivity index (χ0n) is 20.6. The van der Waals surface area contributed by atoms with Crippen LogP contribution in [0.1, 0.15) is 98.8 Å². The van der Waals surface area contributed by atoms with Crippen LogP contribution in [-0.2, 0) is 0 Å². The molecule has 178 valence electrons. The van der Waals surface area contributed by atoms with Crippen LogP contribution >= 0.6 is 0 Å². The second-order valence-electron chi connectivity index (χ2n) is 12.4. The van der Waals surface area contributed by atoms with Crippen molar-refractivity contribution >= 4 is 6.21 Å². The molecule has 0 aliphatic heterocycles. The summed E-state index contributed by atoms with van der Waals surface area (Å²) in [7, 11) is 0. The Bertz CT molecular complexity index is 682. The second kappa shape index (κ2) is 8.29. The summed E-state index contributed by atoms with van der Waals surface area (Å²) < 4.78 is 0. The van der Waals surface area contributed by atoms with Crippen LogP contribution in [0.15, 0.2) is 5.10 Å². The number of hydrogen-bond acceptors (Lipinski definition) is 5. The molecule has 5 nitrogen and oxygen atoms in total. The molecule has 4 fully saturated rings. The third-order valence-corrected chi connectivity index (χ3v) is 10.7. The van der Waals surface area contributed by atoms with E-state index in [0.717, 1.165) is 37.5 Å². The van der Waals surface area contributed by atoms with Gasteiger partial charge in [0.1, 0.15) is 0 Å². The number of hydrazine groups is 1. The molecule has 0 radical (unpaired) electrons. The Morgan fingerprint density at radius 1 is 1.03 bits per heavy atom. The van der Waals surface area contributed by atoms with Crippen LogP contribution in [0.3, 0.4) is 0 Å². The third kappa shape index (κ3) is 3.87. The average Bonchev–Trinajstić information content (AvgIpc) is 3.08. The molecule has 4 rings (SSSR count). The van der Waals surface area contributed by atoms with Gasteiger partial charge in [-0.25, -0.2) is 11.0 Å². The number of hydrogen-bond donors (Lipinski definition) is 3. The molecule has 0 saturated heterocycles. The van der Waals surface area contributed by atoms with Gasteiger partial charge in [-0.3, -0.25) is 0 Å². The maximum Gasteiger partial charge on any atom is 0.0873 e. The molecule has 4 aliphatic carbocycles. The molecule has 0 heterocycles. The van der Waals surface area contributed by atoms with Crippen molar-refractivity contribution in [3.8, 4) is 0 Å². The number of fused-ring (bicyclic) bond motifs is 5. The van der Waals surface area contributed by atoms with E-state index in [1.54, 1.807) is 0 Å². The summed E-state index contributed by atoms with van der Waals surface area (Å²) in [5.41, 5.74) is 0.125. The SMILES string of the molecule is CC/C=N\N(N)[C@H](C)C(O)[C@H]1CC[C@H]2C3CC[C@H]4C[C@](C)(O)CC[C@]4(C)[C@H]3CC[C@]12C. The van der Waals surface area contributed by atoms with Crippen molar-refractivity contribution in [1.29, 1.82) is 0 Å². The van der Waals surface area contributed by atoms with E-state index in [1.165, 1.54) is 43.6 Å². The van der Waals surface area contributed by atoms with Crippen molar-refractivity contribution in [2.45, 2.75) is 117 Å². The Hall–Kier alpha value is -0.650. The fraction of sp³-hybridized carbons (Fsp3) is 0.962. The minimum Gasteiger partial charge on any atom is -0.391 e. The summed E-state index contributed by atoms with van der Waals surface area (Å²) in [6.07, 6.45) is 12.8. The van der Waals surface area contributed by atoms with Gasteiger partial charge in [0.25, 0.3) is 0 Å². The lowest BCUT2D eigenvalue weighted by Crippen LogP contribution is -2.56. The number of aliphatic hydroxyl groups is 2. The van der Waals surface area contributed by atoms with Gasteiger partial charge in [0.05, 0.1) is 17.7 Å². The van der Waals surface area contributed by atoms with Gasteiger partial charge in [-0.15, -0.1) is 0 Å². The Morgan fingerprint density at radius 3 is 2.45 bits per heavy atom. The lowest BCUT2D eigenvalue weighted by molar-refractivity contribution is -0.152. The minimum absolute atomic E-state index is 0.171. The minimum atomic E-state index is -0.465. The van der Waals surface area contributed by atoms with E-state index in [9.17, 15) is 10.2 Å². The molecule has 4 N–H and O–H groups in total. The van der Waals surface area contributed by atoms with Crippen LogP contribution in [0.2, 0.25) is 0 Å². The Kier molecular flexibility index (Phi) is 6.28. The molecule has 0 amide bonds. The molecule has 0 spiro atoms. The molecule has 4 aliphatic rings. The first-order valence-electron chi connectivity index (χ1n) is 13.0. The van der Waals surface area contributed by atoms with E-state index in [-0.39, 0.29) is 11.5 Å². The summed E-state index contributed by atoms with van der Waals surface area (Å²) in [5, 5.41) is 27.8. The highest BCUT2D eigenvalue weighted by Gasteiger charge is 2.62. The molecule has 0 bridgehead atoms. The van der Waals surface area contributed by atoms with Crippen molar-refractivity contribution < 1.29 is 10.2 Å². The van der Waals surface area contributed by atoms with Gasteiger partial charge >= 0.3 is 0 Å². The van der Waals surface area contributed by atoms with E-state index in [2.05, 4.69) is 18.9 Å². The Labute approximate surface area is 189 Å². The maximum atomic E-state index is 11.4. The fourth-order valence-corrected chi connectivity index (χ4v) is 8.81. The summed E-state index contributed by atoms with van der Waals surface area (Å²) in [6.45, 7) is 11.1. The summed E-state index contributed by atoms with van der Waals surface area (Å²) in [4.78, 5) is 0. The highest BCUT2D eigenvalue weighted by Crippen LogP contribution is 2.68. The predicted molar refractivity (Wildman–Crippen MR) is 126 cm³/mol. The molecule has 31 heavy (non-hydrogen) atoms. The quantitative estimate of drug-likeness (QED) is 0.333. The van der Waals surface area contributed by atoms with Crippen molar-refractivity contribution in [2.75, 3.05) is 0 Å². The number of rotatable bonds is 5. The lowest BCUT2D eigenvalue weighted by Gasteiger charge is -2.62. The topological polar surface area (TPSA) is 82.1 Å². The Morgan fingerprint density at radius 2 is 1.74 bits per heavy atom. The summed E-state index contributed by atoms with van der Waals surface area (Å²) in [6, 6.07) is -0.171. The zero-order valence-corrected chi connectivity index (χ0v) is 20.6. The van der Waals surface area contributed by atoms with E-state index in [4.69, 9.17) is 5.84 Å². The van der Waals surface area contributed by atoms with Crippen LogP contribution in [0, 0.1) is 40.4 Å². The van der Waals surface area contributed by atoms with Gasteiger partial charge in [0.15, 0.2) is 0 Å². The van der Waals surface area contributed by atoms with Gasteiger partial charge in [-0.1, -0.05) is 20.8 Å². The lowest BCUT2D eigenvalue weighted by atomic mass is 9.44. The highest BCUT2D eigenvalue weighted by molar-refractivity contribution is 5.56. The first kappa shape index (κ1) is 23.5. The second-order valence-corrected chi connectivity index (χ2v) is 12.4.